The molecule has 0 amide bonds. The molecule has 0 aliphatic rings. The summed E-state index contributed by atoms with van der Waals surface area (Å²) >= 11 is 0. The van der Waals surface area contributed by atoms with E-state index in [1.165, 1.54) is 0 Å². The van der Waals surface area contributed by atoms with E-state index < -0.39 is 33.6 Å². The summed E-state index contributed by atoms with van der Waals surface area (Å²) in [7, 11) is -7.14. The van der Waals surface area contributed by atoms with Crippen molar-refractivity contribution in [3.8, 4) is 0 Å². The van der Waals surface area contributed by atoms with Crippen LogP contribution in [-0.2, 0) is 10.1 Å². The summed E-state index contributed by atoms with van der Waals surface area (Å²) in [5, 5.41) is -6.70. The van der Waals surface area contributed by atoms with Crippen LogP contribution in [0.5, 0.6) is 0 Å². The van der Waals surface area contributed by atoms with Crippen LogP contribution < -0.4 is 6.15 Å². The van der Waals surface area contributed by atoms with Crippen LogP contribution in [-0.4, -0.2) is 36.5 Å². The fourth-order valence-electron chi connectivity index (χ4n) is 0.520. The Morgan fingerprint density at radius 2 is 1.24 bits per heavy atom. The molecule has 0 saturated carbocycles. The summed E-state index contributed by atoms with van der Waals surface area (Å²) < 4.78 is 123. The molecule has 0 aromatic heterocycles. The van der Waals surface area contributed by atoms with E-state index in [4.69, 9.17) is 0 Å². The van der Waals surface area contributed by atoms with E-state index in [0.29, 0.717) is 0 Å². The van der Waals surface area contributed by atoms with E-state index in [0.717, 1.165) is 0 Å². The van der Waals surface area contributed by atoms with Crippen LogP contribution in [0.1, 0.15) is 0 Å². The van der Waals surface area contributed by atoms with Crippen molar-refractivity contribution < 1.29 is 48.1 Å². The molecule has 1 unspecified atom stereocenters. The Labute approximate surface area is 88.9 Å². The highest BCUT2D eigenvalue weighted by Gasteiger charge is 2.72. The van der Waals surface area contributed by atoms with Gasteiger partial charge in [0.1, 0.15) is 0 Å². The minimum absolute atomic E-state index is 0. The van der Waals surface area contributed by atoms with E-state index in [2.05, 4.69) is 0 Å². The maximum Gasteiger partial charge on any atom is 0.425 e. The highest BCUT2D eigenvalue weighted by atomic mass is 32.2. The normalized spacial score (nSPS) is 16.3. The van der Waals surface area contributed by atoms with Gasteiger partial charge in [0.05, 0.1) is 0 Å². The van der Waals surface area contributed by atoms with Crippen molar-refractivity contribution in [2.45, 2.75) is 23.5 Å². The second-order valence-corrected chi connectivity index (χ2v) is 3.92. The van der Waals surface area contributed by atoms with Crippen molar-refractivity contribution >= 4 is 10.1 Å². The number of rotatable bonds is 3. The lowest BCUT2D eigenvalue weighted by Gasteiger charge is -2.31. The highest BCUT2D eigenvalue weighted by molar-refractivity contribution is 7.86. The standard InChI is InChI=1S/C4H2F8O3S.H3N/c5-1(3(8,9)10)2(6,7)4(11,12)16(13,14)15;/h1H,(H,13,14,15);1H3. The van der Waals surface area contributed by atoms with Crippen molar-refractivity contribution in [3.63, 3.8) is 0 Å². The third kappa shape index (κ3) is 3.16. The summed E-state index contributed by atoms with van der Waals surface area (Å²) in [5.41, 5.74) is 0. The summed E-state index contributed by atoms with van der Waals surface area (Å²) in [6.07, 6.45) is -11.9. The monoisotopic (exact) mass is 299 g/mol. The van der Waals surface area contributed by atoms with Gasteiger partial charge in [-0.15, -0.1) is 0 Å². The average Bonchev–Trinajstić information content (AvgIpc) is 1.98. The van der Waals surface area contributed by atoms with Crippen LogP contribution in [0.3, 0.4) is 0 Å². The molecule has 0 aliphatic carbocycles. The Balaban J connectivity index is 0. The third-order valence-electron chi connectivity index (χ3n) is 1.31. The van der Waals surface area contributed by atoms with Crippen molar-refractivity contribution in [1.29, 1.82) is 0 Å². The third-order valence-corrected chi connectivity index (χ3v) is 2.21. The first kappa shape index (κ1) is 18.7. The molecule has 4 nitrogen and oxygen atoms in total. The lowest BCUT2D eigenvalue weighted by molar-refractivity contribution is -0.285. The molecule has 1 atom stereocenters. The maximum atomic E-state index is 12.2. The van der Waals surface area contributed by atoms with E-state index in [1.54, 1.807) is 0 Å². The molecule has 17 heavy (non-hydrogen) atoms. The first-order valence-corrected chi connectivity index (χ1v) is 4.48. The molecular formula is C4H5F8NO3S. The zero-order valence-corrected chi connectivity index (χ0v) is 8.55. The van der Waals surface area contributed by atoms with Crippen molar-refractivity contribution in [3.05, 3.63) is 0 Å². The maximum absolute atomic E-state index is 12.2. The predicted molar refractivity (Wildman–Crippen MR) is 36.5 cm³/mol. The number of hydrogen-bond donors (Lipinski definition) is 1. The zero-order chi connectivity index (χ0) is 13.6. The average molecular weight is 299 g/mol. The summed E-state index contributed by atoms with van der Waals surface area (Å²) in [6.45, 7) is 0. The van der Waals surface area contributed by atoms with Crippen molar-refractivity contribution in [2.75, 3.05) is 0 Å². The molecule has 106 valence electrons. The smallest absolute Gasteiger partial charge is 0.425 e. The van der Waals surface area contributed by atoms with Crippen LogP contribution >= 0.6 is 0 Å². The molecule has 0 rings (SSSR count). The van der Waals surface area contributed by atoms with Crippen LogP contribution in [0.15, 0.2) is 0 Å². The van der Waals surface area contributed by atoms with Gasteiger partial charge >= 0.3 is 17.4 Å². The summed E-state index contributed by atoms with van der Waals surface area (Å²) in [5.74, 6) is -6.70. The second kappa shape index (κ2) is 4.53. The quantitative estimate of drug-likeness (QED) is 0.638. The lowest BCUT2D eigenvalue weighted by atomic mass is 10.2. The van der Waals surface area contributed by atoms with Gasteiger partial charge in [0, 0.05) is 0 Å². The SMILES string of the molecule is O=S(=O)([O-])C(F)(F)C(F)(F)C(F)C(F)(F)F.[NH4+]. The fraction of sp³-hybridized carbons (Fsp3) is 1.00. The molecule has 0 radical (unpaired) electrons. The molecular weight excluding hydrogens is 294 g/mol. The topological polar surface area (TPSA) is 93.7 Å². The van der Waals surface area contributed by atoms with Crippen LogP contribution in [0, 0.1) is 0 Å². The molecule has 0 saturated heterocycles. The number of hydrogen-bond acceptors (Lipinski definition) is 3. The zero-order valence-electron chi connectivity index (χ0n) is 7.73. The van der Waals surface area contributed by atoms with Gasteiger partial charge in [0.15, 0.2) is 10.1 Å². The molecule has 4 N–H and O–H groups in total. The van der Waals surface area contributed by atoms with Gasteiger partial charge in [-0.3, -0.25) is 0 Å². The first-order valence-electron chi connectivity index (χ1n) is 3.07. The molecule has 0 spiro atoms. The minimum Gasteiger partial charge on any atom is -0.743 e. The Hall–Kier alpha value is -0.690. The van der Waals surface area contributed by atoms with Crippen molar-refractivity contribution in [1.82, 2.24) is 6.15 Å². The number of alkyl halides is 8. The van der Waals surface area contributed by atoms with Gasteiger partial charge in [0.25, 0.3) is 6.17 Å². The molecule has 0 fully saturated rings. The molecule has 0 aromatic carbocycles. The molecule has 13 heteroatoms. The van der Waals surface area contributed by atoms with E-state index in [1.807, 2.05) is 0 Å². The van der Waals surface area contributed by atoms with Gasteiger partial charge in [0.2, 0.25) is 0 Å². The van der Waals surface area contributed by atoms with Crippen LogP contribution in [0.2, 0.25) is 0 Å². The van der Waals surface area contributed by atoms with E-state index in [-0.39, 0.29) is 6.15 Å². The van der Waals surface area contributed by atoms with Gasteiger partial charge in [-0.25, -0.2) is 12.8 Å². The van der Waals surface area contributed by atoms with Crippen LogP contribution in [0.4, 0.5) is 35.1 Å². The Bertz CT molecular complexity index is 361. The van der Waals surface area contributed by atoms with Gasteiger partial charge in [-0.1, -0.05) is 0 Å². The molecule has 0 aliphatic heterocycles. The van der Waals surface area contributed by atoms with Gasteiger partial charge < -0.3 is 10.7 Å². The second-order valence-electron chi connectivity index (χ2n) is 2.50. The predicted octanol–water partition coefficient (Wildman–Crippen LogP) is 2.04. The summed E-state index contributed by atoms with van der Waals surface area (Å²) in [4.78, 5) is 0. The molecule has 0 bridgehead atoms. The molecule has 0 heterocycles. The summed E-state index contributed by atoms with van der Waals surface area (Å²) in [6, 6.07) is 0. The Morgan fingerprint density at radius 1 is 0.941 bits per heavy atom. The number of halogens is 8. The highest BCUT2D eigenvalue weighted by Crippen LogP contribution is 2.46. The van der Waals surface area contributed by atoms with E-state index in [9.17, 15) is 48.1 Å². The first-order chi connectivity index (χ1) is 6.65. The van der Waals surface area contributed by atoms with Gasteiger partial charge in [-0.2, -0.15) is 30.7 Å². The van der Waals surface area contributed by atoms with Gasteiger partial charge in [-0.05, 0) is 0 Å². The van der Waals surface area contributed by atoms with Crippen LogP contribution in [0.25, 0.3) is 0 Å². The fourth-order valence-corrected chi connectivity index (χ4v) is 0.957. The Morgan fingerprint density at radius 3 is 1.41 bits per heavy atom. The largest absolute Gasteiger partial charge is 0.743 e. The minimum atomic E-state index is -7.14. The lowest BCUT2D eigenvalue weighted by Crippen LogP contribution is -2.56. The number of quaternary nitrogens is 1. The Kier molecular flexibility index (Phi) is 4.97. The van der Waals surface area contributed by atoms with E-state index >= 15 is 0 Å². The molecule has 0 aromatic rings. The van der Waals surface area contributed by atoms with Crippen molar-refractivity contribution in [2.24, 2.45) is 0 Å².